The molecule has 0 saturated carbocycles. The lowest BCUT2D eigenvalue weighted by atomic mass is 9.95. The Morgan fingerprint density at radius 3 is 1.30 bits per heavy atom. The lowest BCUT2D eigenvalue weighted by molar-refractivity contribution is 0.0552. The molecular weight excluding hydrogens is 376 g/mol. The molecule has 0 aliphatic carbocycles. The average molecular weight is 433 g/mol. The highest BCUT2D eigenvalue weighted by atomic mass is 16.3. The first-order chi connectivity index (χ1) is 14.5. The monoisotopic (exact) mass is 432 g/mol. The lowest BCUT2D eigenvalue weighted by Gasteiger charge is -2.19. The summed E-state index contributed by atoms with van der Waals surface area (Å²) in [5, 5.41) is 37.3. The number of unbranched alkanes of at least 4 members (excludes halogenated alkanes) is 9. The zero-order valence-corrected chi connectivity index (χ0v) is 20.8. The minimum absolute atomic E-state index is 0.0820. The average Bonchev–Trinajstić information content (AvgIpc) is 2.74. The van der Waals surface area contributed by atoms with Crippen LogP contribution >= 0.6 is 0 Å². The standard InChI is InChI=1S/C17H36O2.C9H20O2/c1-3-5-6-7-8-9-10-11-12-13-14-17(19)16(4-2)15-18;1-3-5-8(7-10)9(11)6-4-2/h16-19H,3-15H2,1-2H3;8-11H,3-7H2,1-2H3. The summed E-state index contributed by atoms with van der Waals surface area (Å²) in [4.78, 5) is 0. The molecule has 0 aliphatic heterocycles. The van der Waals surface area contributed by atoms with Crippen LogP contribution in [0.2, 0.25) is 0 Å². The van der Waals surface area contributed by atoms with E-state index in [9.17, 15) is 10.2 Å². The van der Waals surface area contributed by atoms with Crippen LogP contribution in [0.5, 0.6) is 0 Å². The first-order valence-electron chi connectivity index (χ1n) is 13.1. The van der Waals surface area contributed by atoms with E-state index >= 15 is 0 Å². The molecule has 4 nitrogen and oxygen atoms in total. The predicted octanol–water partition coefficient (Wildman–Crippen LogP) is 6.23. The summed E-state index contributed by atoms with van der Waals surface area (Å²) in [7, 11) is 0. The van der Waals surface area contributed by atoms with Gasteiger partial charge in [-0.15, -0.1) is 0 Å². The van der Waals surface area contributed by atoms with Crippen molar-refractivity contribution in [3.63, 3.8) is 0 Å². The molecule has 184 valence electrons. The molecule has 0 aromatic carbocycles. The van der Waals surface area contributed by atoms with E-state index in [-0.39, 0.29) is 37.3 Å². The topological polar surface area (TPSA) is 80.9 Å². The van der Waals surface area contributed by atoms with Crippen molar-refractivity contribution in [2.45, 2.75) is 143 Å². The zero-order valence-electron chi connectivity index (χ0n) is 20.8. The Balaban J connectivity index is 0. The summed E-state index contributed by atoms with van der Waals surface area (Å²) in [6.07, 6.45) is 18.2. The molecule has 0 amide bonds. The highest BCUT2D eigenvalue weighted by Crippen LogP contribution is 2.17. The van der Waals surface area contributed by atoms with E-state index in [1.165, 1.54) is 57.8 Å². The summed E-state index contributed by atoms with van der Waals surface area (Å²) in [6.45, 7) is 8.65. The summed E-state index contributed by atoms with van der Waals surface area (Å²) < 4.78 is 0. The molecule has 4 heteroatoms. The Hall–Kier alpha value is -0.160. The van der Waals surface area contributed by atoms with Gasteiger partial charge in [-0.3, -0.25) is 0 Å². The fourth-order valence-electron chi connectivity index (χ4n) is 3.91. The summed E-state index contributed by atoms with van der Waals surface area (Å²) in [5.41, 5.74) is 0. The van der Waals surface area contributed by atoms with E-state index in [4.69, 9.17) is 10.2 Å². The SMILES string of the molecule is CCCC(O)C(CO)CCC.CCCCCCCCCCCCC(O)C(CC)CO. The fourth-order valence-corrected chi connectivity index (χ4v) is 3.91. The molecule has 0 radical (unpaired) electrons. The molecule has 0 fully saturated rings. The molecule has 0 aromatic heterocycles. The van der Waals surface area contributed by atoms with Gasteiger partial charge in [0.05, 0.1) is 12.2 Å². The van der Waals surface area contributed by atoms with Crippen molar-refractivity contribution in [2.75, 3.05) is 13.2 Å². The minimum atomic E-state index is -0.302. The molecular formula is C26H56O4. The normalized spacial score (nSPS) is 15.2. The number of hydrogen-bond acceptors (Lipinski definition) is 4. The molecule has 0 rings (SSSR count). The third-order valence-electron chi connectivity index (χ3n) is 6.18. The van der Waals surface area contributed by atoms with Crippen LogP contribution in [0.4, 0.5) is 0 Å². The van der Waals surface area contributed by atoms with Crippen molar-refractivity contribution in [2.24, 2.45) is 11.8 Å². The molecule has 4 N–H and O–H groups in total. The molecule has 0 aliphatic rings. The molecule has 0 saturated heterocycles. The summed E-state index contributed by atoms with van der Waals surface area (Å²) in [5.74, 6) is 0.179. The van der Waals surface area contributed by atoms with E-state index < -0.39 is 0 Å². The number of hydrogen-bond donors (Lipinski definition) is 4. The minimum Gasteiger partial charge on any atom is -0.396 e. The Morgan fingerprint density at radius 2 is 0.900 bits per heavy atom. The number of rotatable bonds is 20. The smallest absolute Gasteiger partial charge is 0.0590 e. The number of aliphatic hydroxyl groups is 4. The first-order valence-corrected chi connectivity index (χ1v) is 13.1. The van der Waals surface area contributed by atoms with E-state index in [1.54, 1.807) is 0 Å². The van der Waals surface area contributed by atoms with Gasteiger partial charge in [0, 0.05) is 25.0 Å². The molecule has 0 heterocycles. The van der Waals surface area contributed by atoms with Gasteiger partial charge < -0.3 is 20.4 Å². The van der Waals surface area contributed by atoms with Gasteiger partial charge in [-0.2, -0.15) is 0 Å². The summed E-state index contributed by atoms with van der Waals surface area (Å²) in [6, 6.07) is 0. The van der Waals surface area contributed by atoms with Crippen LogP contribution in [0.1, 0.15) is 130 Å². The van der Waals surface area contributed by atoms with Crippen LogP contribution in [0.3, 0.4) is 0 Å². The van der Waals surface area contributed by atoms with Gasteiger partial charge >= 0.3 is 0 Å². The van der Waals surface area contributed by atoms with Gasteiger partial charge in [0.25, 0.3) is 0 Å². The van der Waals surface area contributed by atoms with E-state index in [2.05, 4.69) is 13.8 Å². The second kappa shape index (κ2) is 25.1. The molecule has 0 bridgehead atoms. The maximum absolute atomic E-state index is 9.87. The van der Waals surface area contributed by atoms with Crippen LogP contribution in [0.15, 0.2) is 0 Å². The van der Waals surface area contributed by atoms with Crippen molar-refractivity contribution in [3.05, 3.63) is 0 Å². The van der Waals surface area contributed by atoms with Gasteiger partial charge in [0.1, 0.15) is 0 Å². The van der Waals surface area contributed by atoms with Crippen molar-refractivity contribution >= 4 is 0 Å². The van der Waals surface area contributed by atoms with E-state index in [1.807, 2.05) is 13.8 Å². The molecule has 4 atom stereocenters. The highest BCUT2D eigenvalue weighted by molar-refractivity contribution is 4.67. The molecule has 4 unspecified atom stereocenters. The van der Waals surface area contributed by atoms with Gasteiger partial charge in [0.15, 0.2) is 0 Å². The van der Waals surface area contributed by atoms with Crippen LogP contribution < -0.4 is 0 Å². The highest BCUT2D eigenvalue weighted by Gasteiger charge is 2.16. The quantitative estimate of drug-likeness (QED) is 0.172. The van der Waals surface area contributed by atoms with Gasteiger partial charge in [-0.1, -0.05) is 105 Å². The molecule has 0 aromatic rings. The molecule has 0 spiro atoms. The first kappa shape index (κ1) is 32.0. The van der Waals surface area contributed by atoms with Gasteiger partial charge in [-0.25, -0.2) is 0 Å². The van der Waals surface area contributed by atoms with E-state index in [0.717, 1.165) is 44.9 Å². The predicted molar refractivity (Wildman–Crippen MR) is 130 cm³/mol. The molecule has 30 heavy (non-hydrogen) atoms. The second-order valence-electron chi connectivity index (χ2n) is 8.98. The van der Waals surface area contributed by atoms with Crippen LogP contribution in [0.25, 0.3) is 0 Å². The van der Waals surface area contributed by atoms with E-state index in [0.29, 0.717) is 0 Å². The third-order valence-corrected chi connectivity index (χ3v) is 6.18. The maximum atomic E-state index is 9.87. The fraction of sp³-hybridized carbons (Fsp3) is 1.00. The Kier molecular flexibility index (Phi) is 26.8. The summed E-state index contributed by atoms with van der Waals surface area (Å²) >= 11 is 0. The Labute approximate surface area is 188 Å². The van der Waals surface area contributed by atoms with Crippen LogP contribution in [-0.4, -0.2) is 45.8 Å². The van der Waals surface area contributed by atoms with Crippen molar-refractivity contribution in [1.82, 2.24) is 0 Å². The maximum Gasteiger partial charge on any atom is 0.0590 e. The van der Waals surface area contributed by atoms with Crippen molar-refractivity contribution in [3.8, 4) is 0 Å². The van der Waals surface area contributed by atoms with Gasteiger partial charge in [-0.05, 0) is 25.7 Å². The number of aliphatic hydroxyl groups excluding tert-OH is 4. The Morgan fingerprint density at radius 1 is 0.467 bits per heavy atom. The largest absolute Gasteiger partial charge is 0.396 e. The van der Waals surface area contributed by atoms with Crippen LogP contribution in [-0.2, 0) is 0 Å². The van der Waals surface area contributed by atoms with Crippen LogP contribution in [0, 0.1) is 11.8 Å². The zero-order chi connectivity index (χ0) is 23.0. The Bertz CT molecular complexity index is 307. The second-order valence-corrected chi connectivity index (χ2v) is 8.98. The van der Waals surface area contributed by atoms with Crippen molar-refractivity contribution < 1.29 is 20.4 Å². The third kappa shape index (κ3) is 19.8. The van der Waals surface area contributed by atoms with Crippen molar-refractivity contribution in [1.29, 1.82) is 0 Å². The lowest BCUT2D eigenvalue weighted by Crippen LogP contribution is -2.23. The van der Waals surface area contributed by atoms with Gasteiger partial charge in [0.2, 0.25) is 0 Å².